The van der Waals surface area contributed by atoms with Gasteiger partial charge in [0.05, 0.1) is 0 Å². The van der Waals surface area contributed by atoms with Gasteiger partial charge in [0.1, 0.15) is 9.39 Å². The van der Waals surface area contributed by atoms with Gasteiger partial charge in [0.2, 0.25) is 0 Å². The fourth-order valence-corrected chi connectivity index (χ4v) is 1.74. The van der Waals surface area contributed by atoms with Crippen molar-refractivity contribution in [1.29, 1.82) is 0 Å². The van der Waals surface area contributed by atoms with Crippen molar-refractivity contribution in [1.82, 2.24) is 4.98 Å². The van der Waals surface area contributed by atoms with Gasteiger partial charge in [0.15, 0.2) is 0 Å². The molecule has 1 aromatic rings. The minimum absolute atomic E-state index is 0.190. The van der Waals surface area contributed by atoms with Crippen LogP contribution in [0.25, 0.3) is 0 Å². The van der Waals surface area contributed by atoms with E-state index in [0.717, 1.165) is 5.56 Å². The third kappa shape index (κ3) is 2.12. The quantitative estimate of drug-likeness (QED) is 0.557. The molecule has 0 spiro atoms. The highest BCUT2D eigenvalue weighted by molar-refractivity contribution is 14.1. The minimum atomic E-state index is -2.52. The SMILES string of the molecule is Cc1cc(Br)c(C(F)F)nc1I. The molecule has 0 bridgehead atoms. The van der Waals surface area contributed by atoms with E-state index < -0.39 is 6.43 Å². The van der Waals surface area contributed by atoms with E-state index in [0.29, 0.717) is 8.17 Å². The van der Waals surface area contributed by atoms with Gasteiger partial charge in [0.25, 0.3) is 6.43 Å². The highest BCUT2D eigenvalue weighted by atomic mass is 127. The van der Waals surface area contributed by atoms with E-state index in [-0.39, 0.29) is 5.69 Å². The van der Waals surface area contributed by atoms with Crippen molar-refractivity contribution in [2.75, 3.05) is 0 Å². The molecule has 0 unspecified atom stereocenters. The molecule has 0 aliphatic heterocycles. The molecule has 1 aromatic heterocycles. The van der Waals surface area contributed by atoms with E-state index >= 15 is 0 Å². The number of aryl methyl sites for hydroxylation is 1. The molecular weight excluding hydrogens is 343 g/mol. The molecule has 0 aromatic carbocycles. The van der Waals surface area contributed by atoms with Gasteiger partial charge in [-0.1, -0.05) is 0 Å². The lowest BCUT2D eigenvalue weighted by molar-refractivity contribution is 0.145. The topological polar surface area (TPSA) is 12.9 Å². The van der Waals surface area contributed by atoms with E-state index in [1.165, 1.54) is 0 Å². The predicted molar refractivity (Wildman–Crippen MR) is 54.3 cm³/mol. The number of rotatable bonds is 1. The average Bonchev–Trinajstić information content (AvgIpc) is 1.96. The molecule has 0 radical (unpaired) electrons. The van der Waals surface area contributed by atoms with Gasteiger partial charge in [-0.25, -0.2) is 13.8 Å². The Morgan fingerprint density at radius 2 is 2.17 bits per heavy atom. The van der Waals surface area contributed by atoms with E-state index in [1.807, 2.05) is 29.5 Å². The summed E-state index contributed by atoms with van der Waals surface area (Å²) >= 11 is 4.97. The number of nitrogens with zero attached hydrogens (tertiary/aromatic N) is 1. The van der Waals surface area contributed by atoms with Crippen LogP contribution in [0.1, 0.15) is 17.7 Å². The summed E-state index contributed by atoms with van der Waals surface area (Å²) in [6.07, 6.45) is -2.52. The first-order chi connectivity index (χ1) is 5.52. The van der Waals surface area contributed by atoms with E-state index in [4.69, 9.17) is 0 Å². The fraction of sp³-hybridized carbons (Fsp3) is 0.286. The molecule has 0 aliphatic carbocycles. The Labute approximate surface area is 90.8 Å². The second-order valence-corrected chi connectivity index (χ2v) is 4.14. The van der Waals surface area contributed by atoms with Crippen molar-refractivity contribution in [2.24, 2.45) is 0 Å². The van der Waals surface area contributed by atoms with Gasteiger partial charge in [-0.05, 0) is 57.1 Å². The summed E-state index contributed by atoms with van der Waals surface area (Å²) in [7, 11) is 0. The van der Waals surface area contributed by atoms with Gasteiger partial charge in [-0.2, -0.15) is 0 Å². The van der Waals surface area contributed by atoms with Crippen LogP contribution in [0.4, 0.5) is 8.78 Å². The Morgan fingerprint density at radius 3 is 2.67 bits per heavy atom. The van der Waals surface area contributed by atoms with Crippen LogP contribution in [0.3, 0.4) is 0 Å². The smallest absolute Gasteiger partial charge is 0.239 e. The second-order valence-electron chi connectivity index (χ2n) is 2.26. The molecule has 0 atom stereocenters. The molecule has 0 aliphatic rings. The lowest BCUT2D eigenvalue weighted by Crippen LogP contribution is -1.96. The number of hydrogen-bond acceptors (Lipinski definition) is 1. The summed E-state index contributed by atoms with van der Waals surface area (Å²) in [5.41, 5.74) is 0.705. The third-order valence-electron chi connectivity index (χ3n) is 1.34. The average molecular weight is 348 g/mol. The number of pyridine rings is 1. The summed E-state index contributed by atoms with van der Waals surface area (Å²) < 4.78 is 25.5. The minimum Gasteiger partial charge on any atom is -0.239 e. The van der Waals surface area contributed by atoms with Crippen LogP contribution in [0.15, 0.2) is 10.5 Å². The van der Waals surface area contributed by atoms with Crippen LogP contribution in [0.5, 0.6) is 0 Å². The van der Waals surface area contributed by atoms with Gasteiger partial charge >= 0.3 is 0 Å². The van der Waals surface area contributed by atoms with Gasteiger partial charge < -0.3 is 0 Å². The lowest BCUT2D eigenvalue weighted by atomic mass is 10.3. The van der Waals surface area contributed by atoms with Gasteiger partial charge in [0, 0.05) is 4.47 Å². The first kappa shape index (κ1) is 10.3. The molecule has 0 N–H and O–H groups in total. The van der Waals surface area contributed by atoms with Crippen molar-refractivity contribution < 1.29 is 8.78 Å². The predicted octanol–water partition coefficient (Wildman–Crippen LogP) is 3.69. The Balaban J connectivity index is 3.23. The van der Waals surface area contributed by atoms with Crippen molar-refractivity contribution in [3.63, 3.8) is 0 Å². The van der Waals surface area contributed by atoms with Crippen LogP contribution in [0, 0.1) is 10.6 Å². The standard InChI is InChI=1S/C7H5BrF2IN/c1-3-2-4(8)5(6(9)10)12-7(3)11/h2,6H,1H3. The Morgan fingerprint density at radius 1 is 1.58 bits per heavy atom. The summed E-state index contributed by atoms with van der Waals surface area (Å²) in [5.74, 6) is 0. The molecule has 0 saturated heterocycles. The molecule has 0 fully saturated rings. The molecular formula is C7H5BrF2IN. The zero-order chi connectivity index (χ0) is 9.30. The molecule has 1 rings (SSSR count). The van der Waals surface area contributed by atoms with Crippen molar-refractivity contribution in [3.05, 3.63) is 25.5 Å². The monoisotopic (exact) mass is 347 g/mol. The fourth-order valence-electron chi connectivity index (χ4n) is 0.724. The first-order valence-corrected chi connectivity index (χ1v) is 5.00. The number of halogens is 4. The summed E-state index contributed by atoms with van der Waals surface area (Å²) in [4.78, 5) is 3.76. The summed E-state index contributed by atoms with van der Waals surface area (Å²) in [6, 6.07) is 1.65. The summed E-state index contributed by atoms with van der Waals surface area (Å²) in [5, 5.41) is 0. The third-order valence-corrected chi connectivity index (χ3v) is 3.07. The van der Waals surface area contributed by atoms with Crippen LogP contribution < -0.4 is 0 Å². The molecule has 1 heterocycles. The van der Waals surface area contributed by atoms with Gasteiger partial charge in [-0.3, -0.25) is 0 Å². The molecule has 0 amide bonds. The first-order valence-electron chi connectivity index (χ1n) is 3.13. The van der Waals surface area contributed by atoms with E-state index in [2.05, 4.69) is 20.9 Å². The normalized spacial score (nSPS) is 10.8. The number of aromatic nitrogens is 1. The molecule has 12 heavy (non-hydrogen) atoms. The highest BCUT2D eigenvalue weighted by Crippen LogP contribution is 2.27. The highest BCUT2D eigenvalue weighted by Gasteiger charge is 2.14. The van der Waals surface area contributed by atoms with Crippen LogP contribution in [-0.2, 0) is 0 Å². The Kier molecular flexibility index (Phi) is 3.39. The largest absolute Gasteiger partial charge is 0.281 e. The lowest BCUT2D eigenvalue weighted by Gasteiger charge is -2.04. The maximum absolute atomic E-state index is 12.2. The molecule has 5 heteroatoms. The molecule has 66 valence electrons. The zero-order valence-electron chi connectivity index (χ0n) is 6.11. The van der Waals surface area contributed by atoms with E-state index in [1.54, 1.807) is 6.07 Å². The molecule has 0 saturated carbocycles. The Bertz CT molecular complexity index is 304. The summed E-state index contributed by atoms with van der Waals surface area (Å²) in [6.45, 7) is 1.83. The second kappa shape index (κ2) is 3.95. The van der Waals surface area contributed by atoms with Crippen molar-refractivity contribution in [2.45, 2.75) is 13.3 Å². The maximum Gasteiger partial charge on any atom is 0.281 e. The van der Waals surface area contributed by atoms with Gasteiger partial charge in [-0.15, -0.1) is 0 Å². The maximum atomic E-state index is 12.2. The molecule has 1 nitrogen and oxygen atoms in total. The van der Waals surface area contributed by atoms with Crippen molar-refractivity contribution >= 4 is 38.5 Å². The Hall–Kier alpha value is 0.220. The van der Waals surface area contributed by atoms with Crippen LogP contribution >= 0.6 is 38.5 Å². The zero-order valence-corrected chi connectivity index (χ0v) is 9.86. The number of hydrogen-bond donors (Lipinski definition) is 0. The van der Waals surface area contributed by atoms with Crippen molar-refractivity contribution in [3.8, 4) is 0 Å². The van der Waals surface area contributed by atoms with E-state index in [9.17, 15) is 8.78 Å². The number of alkyl halides is 2. The van der Waals surface area contributed by atoms with Crippen LogP contribution in [0.2, 0.25) is 0 Å². The van der Waals surface area contributed by atoms with Crippen LogP contribution in [-0.4, -0.2) is 4.98 Å².